The molecule has 1 aromatic heterocycles. The quantitative estimate of drug-likeness (QED) is 0.481. The number of aliphatic carboxylic acids is 1. The van der Waals surface area contributed by atoms with Crippen molar-refractivity contribution in [3.05, 3.63) is 5.82 Å². The van der Waals surface area contributed by atoms with Crippen LogP contribution in [0.3, 0.4) is 0 Å². The lowest BCUT2D eigenvalue weighted by atomic mass is 10.6. The van der Waals surface area contributed by atoms with Crippen molar-refractivity contribution in [2.75, 3.05) is 5.75 Å². The van der Waals surface area contributed by atoms with Crippen LogP contribution in [0.15, 0.2) is 0 Å². The molecular formula is C6H8N4O4S. The monoisotopic (exact) mass is 232 g/mol. The van der Waals surface area contributed by atoms with Crippen LogP contribution in [0.25, 0.3) is 0 Å². The molecule has 0 aromatic carbocycles. The zero-order valence-corrected chi connectivity index (χ0v) is 8.42. The third-order valence-corrected chi connectivity index (χ3v) is 1.64. The van der Waals surface area contributed by atoms with Gasteiger partial charge in [-0.3, -0.25) is 9.59 Å². The number of ether oxygens (including phenoxy) is 1. The fourth-order valence-electron chi connectivity index (χ4n) is 0.768. The molecule has 0 bridgehead atoms. The summed E-state index contributed by atoms with van der Waals surface area (Å²) in [5.74, 6) is -1.49. The van der Waals surface area contributed by atoms with Gasteiger partial charge < -0.3 is 9.84 Å². The molecule has 0 atom stereocenters. The predicted octanol–water partition coefficient (Wildman–Crippen LogP) is -1.27. The highest BCUT2D eigenvalue weighted by Gasteiger charge is 2.10. The van der Waals surface area contributed by atoms with Gasteiger partial charge in [0.2, 0.25) is 0 Å². The van der Waals surface area contributed by atoms with Gasteiger partial charge in [0.05, 0.1) is 5.75 Å². The van der Waals surface area contributed by atoms with Crippen molar-refractivity contribution in [1.82, 2.24) is 20.2 Å². The second kappa shape index (κ2) is 5.29. The third kappa shape index (κ3) is 3.54. The van der Waals surface area contributed by atoms with E-state index in [1.165, 1.54) is 0 Å². The van der Waals surface area contributed by atoms with Gasteiger partial charge >= 0.3 is 11.9 Å². The van der Waals surface area contributed by atoms with Crippen LogP contribution in [0.2, 0.25) is 0 Å². The lowest BCUT2D eigenvalue weighted by Crippen LogP contribution is -2.15. The Kier molecular flexibility index (Phi) is 4.03. The summed E-state index contributed by atoms with van der Waals surface area (Å²) in [5.41, 5.74) is 0. The number of nitrogens with zero attached hydrogens (tertiary/aromatic N) is 4. The maximum atomic E-state index is 10.7. The number of thiol groups is 1. The Labute approximate surface area is 89.6 Å². The minimum Gasteiger partial charge on any atom is -0.480 e. The zero-order valence-electron chi connectivity index (χ0n) is 7.53. The molecular weight excluding hydrogens is 224 g/mol. The number of esters is 1. The number of tetrazole rings is 1. The second-order valence-electron chi connectivity index (χ2n) is 2.47. The summed E-state index contributed by atoms with van der Waals surface area (Å²) in [6, 6.07) is 0. The minimum atomic E-state index is -1.08. The van der Waals surface area contributed by atoms with Crippen LogP contribution in [0.1, 0.15) is 5.82 Å². The number of carboxylic acids is 1. The summed E-state index contributed by atoms with van der Waals surface area (Å²) < 4.78 is 5.72. The van der Waals surface area contributed by atoms with E-state index in [1.54, 1.807) is 0 Å². The molecule has 1 rings (SSSR count). The van der Waals surface area contributed by atoms with E-state index in [9.17, 15) is 9.59 Å². The van der Waals surface area contributed by atoms with Gasteiger partial charge in [-0.05, 0) is 10.4 Å². The van der Waals surface area contributed by atoms with Crippen LogP contribution < -0.4 is 0 Å². The summed E-state index contributed by atoms with van der Waals surface area (Å²) in [5, 5.41) is 18.7. The Balaban J connectivity index is 2.57. The van der Waals surface area contributed by atoms with E-state index < -0.39 is 11.9 Å². The Morgan fingerprint density at radius 3 is 2.87 bits per heavy atom. The summed E-state index contributed by atoms with van der Waals surface area (Å²) in [6.07, 6.45) is 0. The second-order valence-corrected chi connectivity index (χ2v) is 2.78. The van der Waals surface area contributed by atoms with Crippen molar-refractivity contribution >= 4 is 24.6 Å². The molecule has 0 unspecified atom stereocenters. The highest BCUT2D eigenvalue weighted by atomic mass is 32.1. The number of carbonyl (C=O) groups excluding carboxylic acids is 1. The first kappa shape index (κ1) is 11.4. The molecule has 0 spiro atoms. The van der Waals surface area contributed by atoms with Gasteiger partial charge in [-0.2, -0.15) is 12.6 Å². The van der Waals surface area contributed by atoms with Crippen LogP contribution in [0, 0.1) is 0 Å². The van der Waals surface area contributed by atoms with Gasteiger partial charge in [-0.1, -0.05) is 0 Å². The molecule has 9 heteroatoms. The fraction of sp³-hybridized carbons (Fsp3) is 0.500. The molecule has 15 heavy (non-hydrogen) atoms. The summed E-state index contributed by atoms with van der Waals surface area (Å²) in [4.78, 5) is 21.1. The average molecular weight is 232 g/mol. The van der Waals surface area contributed by atoms with Gasteiger partial charge in [0.25, 0.3) is 0 Å². The molecule has 1 aromatic rings. The molecule has 8 nitrogen and oxygen atoms in total. The van der Waals surface area contributed by atoms with E-state index in [0.29, 0.717) is 0 Å². The molecule has 1 heterocycles. The topological polar surface area (TPSA) is 107 Å². The Morgan fingerprint density at radius 1 is 1.53 bits per heavy atom. The molecule has 1 N–H and O–H groups in total. The van der Waals surface area contributed by atoms with Gasteiger partial charge in [-0.25, -0.2) is 4.68 Å². The molecule has 0 radical (unpaired) electrons. The minimum absolute atomic E-state index is 0.0551. The van der Waals surface area contributed by atoms with Crippen molar-refractivity contribution in [3.63, 3.8) is 0 Å². The molecule has 0 aliphatic heterocycles. The van der Waals surface area contributed by atoms with Crippen LogP contribution in [0.5, 0.6) is 0 Å². The van der Waals surface area contributed by atoms with Crippen molar-refractivity contribution in [2.24, 2.45) is 0 Å². The Bertz CT molecular complexity index is 366. The Hall–Kier alpha value is -1.64. The van der Waals surface area contributed by atoms with Gasteiger partial charge in [0.1, 0.15) is 6.54 Å². The van der Waals surface area contributed by atoms with E-state index >= 15 is 0 Å². The molecule has 0 aliphatic rings. The van der Waals surface area contributed by atoms with E-state index in [1.807, 2.05) is 0 Å². The van der Waals surface area contributed by atoms with Crippen LogP contribution in [-0.4, -0.2) is 43.0 Å². The van der Waals surface area contributed by atoms with Crippen molar-refractivity contribution in [2.45, 2.75) is 13.2 Å². The molecule has 0 saturated carbocycles. The normalized spacial score (nSPS) is 9.93. The highest BCUT2D eigenvalue weighted by Crippen LogP contribution is 1.96. The molecule has 0 amide bonds. The fourth-order valence-corrected chi connectivity index (χ4v) is 0.860. The Morgan fingerprint density at radius 2 is 2.27 bits per heavy atom. The van der Waals surface area contributed by atoms with E-state index in [0.717, 1.165) is 4.68 Å². The average Bonchev–Trinajstić information content (AvgIpc) is 2.61. The SMILES string of the molecule is O=C(O)Cn1nnnc1COC(=O)CS. The highest BCUT2D eigenvalue weighted by molar-refractivity contribution is 7.81. The van der Waals surface area contributed by atoms with E-state index in [-0.39, 0.29) is 24.7 Å². The standard InChI is InChI=1S/C6H8N4O4S/c11-5(12)1-10-4(7-8-9-10)2-14-6(13)3-15/h15H,1-3H2,(H,11,12). The third-order valence-electron chi connectivity index (χ3n) is 1.38. The number of hydrogen-bond acceptors (Lipinski definition) is 7. The van der Waals surface area contributed by atoms with E-state index in [2.05, 4.69) is 32.9 Å². The summed E-state index contributed by atoms with van der Waals surface area (Å²) >= 11 is 3.70. The van der Waals surface area contributed by atoms with E-state index in [4.69, 9.17) is 5.11 Å². The maximum absolute atomic E-state index is 10.7. The van der Waals surface area contributed by atoms with Crippen molar-refractivity contribution in [1.29, 1.82) is 0 Å². The van der Waals surface area contributed by atoms with Crippen LogP contribution >= 0.6 is 12.6 Å². The molecule has 0 fully saturated rings. The smallest absolute Gasteiger partial charge is 0.325 e. The lowest BCUT2D eigenvalue weighted by molar-refractivity contribution is -0.141. The summed E-state index contributed by atoms with van der Waals surface area (Å²) in [6.45, 7) is -0.541. The molecule has 82 valence electrons. The van der Waals surface area contributed by atoms with Gasteiger partial charge in [0.15, 0.2) is 12.4 Å². The maximum Gasteiger partial charge on any atom is 0.325 e. The first-order valence-electron chi connectivity index (χ1n) is 3.86. The molecule has 0 aliphatic carbocycles. The van der Waals surface area contributed by atoms with Crippen molar-refractivity contribution in [3.8, 4) is 0 Å². The largest absolute Gasteiger partial charge is 0.480 e. The van der Waals surface area contributed by atoms with Gasteiger partial charge in [0, 0.05) is 0 Å². The first-order valence-corrected chi connectivity index (χ1v) is 4.50. The lowest BCUT2D eigenvalue weighted by Gasteiger charge is -2.02. The predicted molar refractivity (Wildman–Crippen MR) is 49.1 cm³/mol. The molecule has 0 saturated heterocycles. The number of aromatic nitrogens is 4. The number of rotatable bonds is 5. The van der Waals surface area contributed by atoms with Crippen LogP contribution in [0.4, 0.5) is 0 Å². The zero-order chi connectivity index (χ0) is 11.3. The summed E-state index contributed by atoms with van der Waals surface area (Å²) in [7, 11) is 0. The number of carboxylic acid groups (broad SMARTS) is 1. The van der Waals surface area contributed by atoms with Crippen LogP contribution in [-0.2, 0) is 27.5 Å². The number of carbonyl (C=O) groups is 2. The van der Waals surface area contributed by atoms with Gasteiger partial charge in [-0.15, -0.1) is 5.10 Å². The number of hydrogen-bond donors (Lipinski definition) is 2. The van der Waals surface area contributed by atoms with Crippen molar-refractivity contribution < 1.29 is 19.4 Å². The first-order chi connectivity index (χ1) is 7.13.